The molecular formula is C19H28N2O2. The molecular weight excluding hydrogens is 288 g/mol. The molecule has 2 aliphatic rings. The van der Waals surface area contributed by atoms with Crippen molar-refractivity contribution < 1.29 is 9.53 Å². The lowest BCUT2D eigenvalue weighted by molar-refractivity contribution is 0.0393. The monoisotopic (exact) mass is 316 g/mol. The Balaban J connectivity index is 1.52. The van der Waals surface area contributed by atoms with Gasteiger partial charge in [-0.2, -0.15) is 0 Å². The maximum absolute atomic E-state index is 12.7. The Bertz CT molecular complexity index is 524. The molecule has 23 heavy (non-hydrogen) atoms. The standard InChI is InChI=1S/C19H28N2O2/c1-15-11-16(2)13-18(12-15)19(22)21-7-5-20(6-8-21)14-17-3-9-23-10-4-17/h11-13,17H,3-10,14H2,1-2H3. The number of nitrogens with zero attached hydrogens (tertiary/aromatic N) is 2. The SMILES string of the molecule is Cc1cc(C)cc(C(=O)N2CCN(CC3CCOCC3)CC2)c1. The summed E-state index contributed by atoms with van der Waals surface area (Å²) in [6, 6.07) is 6.12. The van der Waals surface area contributed by atoms with Gasteiger partial charge in [-0.3, -0.25) is 9.69 Å². The van der Waals surface area contributed by atoms with Crippen LogP contribution >= 0.6 is 0 Å². The van der Waals surface area contributed by atoms with Crippen LogP contribution in [0.5, 0.6) is 0 Å². The molecule has 4 heteroatoms. The van der Waals surface area contributed by atoms with Crippen molar-refractivity contribution in [2.24, 2.45) is 5.92 Å². The van der Waals surface area contributed by atoms with Crippen LogP contribution in [0.3, 0.4) is 0 Å². The highest BCUT2D eigenvalue weighted by atomic mass is 16.5. The molecule has 0 saturated carbocycles. The van der Waals surface area contributed by atoms with Crippen LogP contribution in [0.25, 0.3) is 0 Å². The Kier molecular flexibility index (Phi) is 5.34. The number of rotatable bonds is 3. The molecule has 1 aromatic rings. The van der Waals surface area contributed by atoms with E-state index in [9.17, 15) is 4.79 Å². The number of benzene rings is 1. The first kappa shape index (κ1) is 16.5. The van der Waals surface area contributed by atoms with Crippen LogP contribution in [0, 0.1) is 19.8 Å². The number of ether oxygens (including phenoxy) is 1. The summed E-state index contributed by atoms with van der Waals surface area (Å²) in [5.41, 5.74) is 3.15. The molecule has 1 aromatic carbocycles. The quantitative estimate of drug-likeness (QED) is 0.859. The fraction of sp³-hybridized carbons (Fsp3) is 0.632. The molecule has 0 radical (unpaired) electrons. The van der Waals surface area contributed by atoms with Crippen molar-refractivity contribution in [1.29, 1.82) is 0 Å². The fourth-order valence-corrected chi connectivity index (χ4v) is 3.71. The van der Waals surface area contributed by atoms with E-state index < -0.39 is 0 Å². The third kappa shape index (κ3) is 4.33. The molecule has 0 bridgehead atoms. The van der Waals surface area contributed by atoms with E-state index in [2.05, 4.69) is 24.8 Å². The second kappa shape index (κ2) is 7.45. The minimum absolute atomic E-state index is 0.183. The minimum Gasteiger partial charge on any atom is -0.381 e. The van der Waals surface area contributed by atoms with Gasteiger partial charge in [0.25, 0.3) is 5.91 Å². The van der Waals surface area contributed by atoms with E-state index >= 15 is 0 Å². The van der Waals surface area contributed by atoms with Gasteiger partial charge in [0, 0.05) is 51.5 Å². The van der Waals surface area contributed by atoms with Gasteiger partial charge in [-0.05, 0) is 44.7 Å². The number of amides is 1. The zero-order chi connectivity index (χ0) is 16.2. The fourth-order valence-electron chi connectivity index (χ4n) is 3.71. The van der Waals surface area contributed by atoms with Crippen molar-refractivity contribution in [3.05, 3.63) is 34.9 Å². The van der Waals surface area contributed by atoms with Gasteiger partial charge < -0.3 is 9.64 Å². The number of hydrogen-bond donors (Lipinski definition) is 0. The summed E-state index contributed by atoms with van der Waals surface area (Å²) < 4.78 is 5.43. The summed E-state index contributed by atoms with van der Waals surface area (Å²) >= 11 is 0. The van der Waals surface area contributed by atoms with E-state index in [1.54, 1.807) is 0 Å². The highest BCUT2D eigenvalue weighted by Crippen LogP contribution is 2.18. The van der Waals surface area contributed by atoms with Gasteiger partial charge in [0.2, 0.25) is 0 Å². The van der Waals surface area contributed by atoms with Crippen LogP contribution in [0.2, 0.25) is 0 Å². The Morgan fingerprint density at radius 2 is 1.65 bits per heavy atom. The molecule has 2 fully saturated rings. The average Bonchev–Trinajstić information content (AvgIpc) is 2.55. The zero-order valence-electron chi connectivity index (χ0n) is 14.4. The summed E-state index contributed by atoms with van der Waals surface area (Å²) in [5, 5.41) is 0. The Hall–Kier alpha value is -1.39. The smallest absolute Gasteiger partial charge is 0.253 e. The predicted octanol–water partition coefficient (Wildman–Crippen LogP) is 2.49. The Labute approximate surface area is 139 Å². The third-order valence-corrected chi connectivity index (χ3v) is 4.99. The molecule has 0 aliphatic carbocycles. The van der Waals surface area contributed by atoms with E-state index in [4.69, 9.17) is 4.74 Å². The first-order valence-corrected chi connectivity index (χ1v) is 8.79. The van der Waals surface area contributed by atoms with Crippen LogP contribution in [0.15, 0.2) is 18.2 Å². The van der Waals surface area contributed by atoms with Crippen molar-refractivity contribution >= 4 is 5.91 Å². The van der Waals surface area contributed by atoms with Crippen molar-refractivity contribution in [3.63, 3.8) is 0 Å². The molecule has 0 spiro atoms. The van der Waals surface area contributed by atoms with E-state index in [1.165, 1.54) is 12.8 Å². The normalized spacial score (nSPS) is 20.7. The minimum atomic E-state index is 0.183. The van der Waals surface area contributed by atoms with Gasteiger partial charge in [0.05, 0.1) is 0 Å². The summed E-state index contributed by atoms with van der Waals surface area (Å²) in [5.74, 6) is 0.952. The molecule has 2 saturated heterocycles. The zero-order valence-corrected chi connectivity index (χ0v) is 14.4. The lowest BCUT2D eigenvalue weighted by atomic mass is 9.99. The highest BCUT2D eigenvalue weighted by molar-refractivity contribution is 5.94. The maximum atomic E-state index is 12.7. The molecule has 0 unspecified atom stereocenters. The third-order valence-electron chi connectivity index (χ3n) is 4.99. The van der Waals surface area contributed by atoms with Crippen molar-refractivity contribution in [3.8, 4) is 0 Å². The van der Waals surface area contributed by atoms with Crippen LogP contribution in [-0.4, -0.2) is 61.6 Å². The number of carbonyl (C=O) groups excluding carboxylic acids is 1. The lowest BCUT2D eigenvalue weighted by Crippen LogP contribution is -2.50. The molecule has 0 N–H and O–H groups in total. The first-order chi connectivity index (χ1) is 11.1. The van der Waals surface area contributed by atoms with Crippen molar-refractivity contribution in [2.45, 2.75) is 26.7 Å². The Morgan fingerprint density at radius 1 is 1.04 bits per heavy atom. The van der Waals surface area contributed by atoms with Crippen molar-refractivity contribution in [1.82, 2.24) is 9.80 Å². The number of aryl methyl sites for hydroxylation is 2. The molecule has 0 aromatic heterocycles. The van der Waals surface area contributed by atoms with E-state index in [0.29, 0.717) is 0 Å². The van der Waals surface area contributed by atoms with Gasteiger partial charge >= 0.3 is 0 Å². The molecule has 3 rings (SSSR count). The molecule has 2 heterocycles. The predicted molar refractivity (Wildman–Crippen MR) is 91.8 cm³/mol. The van der Waals surface area contributed by atoms with E-state index in [0.717, 1.165) is 68.5 Å². The van der Waals surface area contributed by atoms with E-state index in [1.807, 2.05) is 17.0 Å². The first-order valence-electron chi connectivity index (χ1n) is 8.79. The van der Waals surface area contributed by atoms with Gasteiger partial charge in [-0.25, -0.2) is 0 Å². The number of hydrogen-bond acceptors (Lipinski definition) is 3. The Morgan fingerprint density at radius 3 is 2.26 bits per heavy atom. The molecule has 126 valence electrons. The summed E-state index contributed by atoms with van der Waals surface area (Å²) in [6.45, 7) is 10.8. The highest BCUT2D eigenvalue weighted by Gasteiger charge is 2.24. The largest absolute Gasteiger partial charge is 0.381 e. The summed E-state index contributed by atoms with van der Waals surface area (Å²) in [6.07, 6.45) is 2.36. The number of piperazine rings is 1. The van der Waals surface area contributed by atoms with Gasteiger partial charge in [0.1, 0.15) is 0 Å². The summed E-state index contributed by atoms with van der Waals surface area (Å²) in [7, 11) is 0. The molecule has 0 atom stereocenters. The second-order valence-corrected chi connectivity index (χ2v) is 7.02. The van der Waals surface area contributed by atoms with Crippen LogP contribution in [0.4, 0.5) is 0 Å². The molecule has 1 amide bonds. The molecule has 4 nitrogen and oxygen atoms in total. The van der Waals surface area contributed by atoms with Crippen LogP contribution in [-0.2, 0) is 4.74 Å². The topological polar surface area (TPSA) is 32.8 Å². The van der Waals surface area contributed by atoms with Gasteiger partial charge in [-0.1, -0.05) is 17.2 Å². The number of carbonyl (C=O) groups is 1. The van der Waals surface area contributed by atoms with Crippen molar-refractivity contribution in [2.75, 3.05) is 45.9 Å². The maximum Gasteiger partial charge on any atom is 0.253 e. The molecule has 2 aliphatic heterocycles. The van der Waals surface area contributed by atoms with Gasteiger partial charge in [-0.15, -0.1) is 0 Å². The van der Waals surface area contributed by atoms with Crippen LogP contribution < -0.4 is 0 Å². The van der Waals surface area contributed by atoms with Crippen LogP contribution in [0.1, 0.15) is 34.3 Å². The lowest BCUT2D eigenvalue weighted by Gasteiger charge is -2.37. The second-order valence-electron chi connectivity index (χ2n) is 7.02. The summed E-state index contributed by atoms with van der Waals surface area (Å²) in [4.78, 5) is 17.2. The van der Waals surface area contributed by atoms with E-state index in [-0.39, 0.29) is 5.91 Å². The average molecular weight is 316 g/mol. The van der Waals surface area contributed by atoms with Gasteiger partial charge in [0.15, 0.2) is 0 Å².